The van der Waals surface area contributed by atoms with Crippen LogP contribution in [0.4, 0.5) is 0 Å². The smallest absolute Gasteiger partial charge is 0.0409 e. The van der Waals surface area contributed by atoms with Gasteiger partial charge >= 0.3 is 0 Å². The Balaban J connectivity index is 1.57. The van der Waals surface area contributed by atoms with Gasteiger partial charge in [0, 0.05) is 24.2 Å². The molecule has 1 atom stereocenters. The highest BCUT2D eigenvalue weighted by Gasteiger charge is 2.33. The molecule has 0 unspecified atom stereocenters. The molecule has 2 bridgehead atoms. The lowest BCUT2D eigenvalue weighted by molar-refractivity contribution is 0.0720. The molecule has 92 valence electrons. The van der Waals surface area contributed by atoms with Gasteiger partial charge in [-0.3, -0.25) is 0 Å². The molecule has 17 heavy (non-hydrogen) atoms. The summed E-state index contributed by atoms with van der Waals surface area (Å²) in [6.07, 6.45) is 2.74. The standard InChI is InChI=1S/C14H19ClN2/c15-13-3-1-2-11(8-13)9-16-14-10-17-6-4-12(14)5-7-17/h1-3,8,12,14,16H,4-7,9-10H2/t14-/m1/s1. The lowest BCUT2D eigenvalue weighted by Crippen LogP contribution is -2.55. The molecule has 0 radical (unpaired) electrons. The van der Waals surface area contributed by atoms with Gasteiger partial charge in [0.25, 0.3) is 0 Å². The van der Waals surface area contributed by atoms with Crippen molar-refractivity contribution >= 4 is 11.6 Å². The molecule has 0 aliphatic carbocycles. The lowest BCUT2D eigenvalue weighted by Gasteiger charge is -2.45. The van der Waals surface area contributed by atoms with Gasteiger partial charge in [-0.2, -0.15) is 0 Å². The van der Waals surface area contributed by atoms with Crippen molar-refractivity contribution in [2.75, 3.05) is 19.6 Å². The van der Waals surface area contributed by atoms with Gasteiger partial charge < -0.3 is 10.2 Å². The second-order valence-electron chi connectivity index (χ2n) is 5.26. The fourth-order valence-corrected chi connectivity index (χ4v) is 3.31. The Hall–Kier alpha value is -0.570. The normalized spacial score (nSPS) is 31.7. The second kappa shape index (κ2) is 4.97. The van der Waals surface area contributed by atoms with Gasteiger partial charge in [-0.1, -0.05) is 23.7 Å². The zero-order chi connectivity index (χ0) is 11.7. The van der Waals surface area contributed by atoms with E-state index in [0.29, 0.717) is 6.04 Å². The summed E-state index contributed by atoms with van der Waals surface area (Å²) in [6, 6.07) is 8.82. The zero-order valence-corrected chi connectivity index (χ0v) is 10.8. The summed E-state index contributed by atoms with van der Waals surface area (Å²) in [5.41, 5.74) is 1.29. The van der Waals surface area contributed by atoms with E-state index in [9.17, 15) is 0 Å². The van der Waals surface area contributed by atoms with Crippen LogP contribution in [-0.4, -0.2) is 30.6 Å². The van der Waals surface area contributed by atoms with Gasteiger partial charge in [0.1, 0.15) is 0 Å². The van der Waals surface area contributed by atoms with Crippen molar-refractivity contribution in [3.05, 3.63) is 34.9 Å². The van der Waals surface area contributed by atoms with E-state index in [1.54, 1.807) is 0 Å². The minimum atomic E-state index is 0.677. The van der Waals surface area contributed by atoms with E-state index in [-0.39, 0.29) is 0 Å². The van der Waals surface area contributed by atoms with E-state index in [1.165, 1.54) is 38.0 Å². The monoisotopic (exact) mass is 250 g/mol. The first-order valence-electron chi connectivity index (χ1n) is 6.51. The number of hydrogen-bond acceptors (Lipinski definition) is 2. The predicted molar refractivity (Wildman–Crippen MR) is 71.2 cm³/mol. The summed E-state index contributed by atoms with van der Waals surface area (Å²) >= 11 is 5.99. The minimum Gasteiger partial charge on any atom is -0.308 e. The molecule has 3 saturated heterocycles. The molecule has 0 aromatic heterocycles. The van der Waals surface area contributed by atoms with Crippen LogP contribution in [0.2, 0.25) is 5.02 Å². The second-order valence-corrected chi connectivity index (χ2v) is 5.69. The van der Waals surface area contributed by atoms with Crippen LogP contribution in [0.5, 0.6) is 0 Å². The van der Waals surface area contributed by atoms with E-state index in [4.69, 9.17) is 11.6 Å². The number of nitrogens with one attached hydrogen (secondary N) is 1. The van der Waals surface area contributed by atoms with Gasteiger partial charge in [0.15, 0.2) is 0 Å². The molecule has 0 saturated carbocycles. The Morgan fingerprint density at radius 1 is 1.29 bits per heavy atom. The third-order valence-electron chi connectivity index (χ3n) is 4.11. The van der Waals surface area contributed by atoms with Crippen molar-refractivity contribution in [2.24, 2.45) is 5.92 Å². The highest BCUT2D eigenvalue weighted by molar-refractivity contribution is 6.30. The summed E-state index contributed by atoms with van der Waals surface area (Å²) in [4.78, 5) is 2.58. The van der Waals surface area contributed by atoms with E-state index in [2.05, 4.69) is 22.3 Å². The molecule has 3 heteroatoms. The Morgan fingerprint density at radius 2 is 2.12 bits per heavy atom. The molecule has 4 rings (SSSR count). The maximum Gasteiger partial charge on any atom is 0.0409 e. The first kappa shape index (κ1) is 11.5. The zero-order valence-electron chi connectivity index (χ0n) is 10.0. The van der Waals surface area contributed by atoms with E-state index in [0.717, 1.165) is 17.5 Å². The fourth-order valence-electron chi connectivity index (χ4n) is 3.09. The fraction of sp³-hybridized carbons (Fsp3) is 0.571. The Morgan fingerprint density at radius 3 is 2.76 bits per heavy atom. The highest BCUT2D eigenvalue weighted by Crippen LogP contribution is 2.27. The van der Waals surface area contributed by atoms with E-state index >= 15 is 0 Å². The topological polar surface area (TPSA) is 15.3 Å². The highest BCUT2D eigenvalue weighted by atomic mass is 35.5. The predicted octanol–water partition coefficient (Wildman–Crippen LogP) is 2.52. The number of fused-ring (bicyclic) bond motifs is 3. The molecule has 1 N–H and O–H groups in total. The number of rotatable bonds is 3. The lowest BCUT2D eigenvalue weighted by atomic mass is 9.84. The van der Waals surface area contributed by atoms with Crippen molar-refractivity contribution < 1.29 is 0 Å². The van der Waals surface area contributed by atoms with Crippen LogP contribution in [0.25, 0.3) is 0 Å². The quantitative estimate of drug-likeness (QED) is 0.887. The first-order valence-corrected chi connectivity index (χ1v) is 6.89. The van der Waals surface area contributed by atoms with Crippen LogP contribution in [0.3, 0.4) is 0 Å². The van der Waals surface area contributed by atoms with Gasteiger partial charge in [-0.15, -0.1) is 0 Å². The summed E-state index contributed by atoms with van der Waals surface area (Å²) in [5, 5.41) is 4.53. The van der Waals surface area contributed by atoms with Crippen LogP contribution in [-0.2, 0) is 6.54 Å². The van der Waals surface area contributed by atoms with Crippen LogP contribution >= 0.6 is 11.6 Å². The average Bonchev–Trinajstić information content (AvgIpc) is 2.38. The average molecular weight is 251 g/mol. The van der Waals surface area contributed by atoms with Crippen LogP contribution < -0.4 is 5.32 Å². The van der Waals surface area contributed by atoms with Crippen LogP contribution in [0.15, 0.2) is 24.3 Å². The maximum atomic E-state index is 5.99. The third kappa shape index (κ3) is 2.65. The van der Waals surface area contributed by atoms with Gasteiger partial charge in [0.2, 0.25) is 0 Å². The Bertz CT molecular complexity index is 386. The van der Waals surface area contributed by atoms with Gasteiger partial charge in [-0.05, 0) is 49.5 Å². The van der Waals surface area contributed by atoms with Crippen molar-refractivity contribution in [1.82, 2.24) is 10.2 Å². The number of hydrogen-bond donors (Lipinski definition) is 1. The van der Waals surface area contributed by atoms with Crippen LogP contribution in [0, 0.1) is 5.92 Å². The summed E-state index contributed by atoms with van der Waals surface area (Å²) in [5.74, 6) is 0.888. The van der Waals surface area contributed by atoms with Crippen LogP contribution in [0.1, 0.15) is 18.4 Å². The summed E-state index contributed by atoms with van der Waals surface area (Å²) in [7, 11) is 0. The van der Waals surface area contributed by atoms with Crippen molar-refractivity contribution in [1.29, 1.82) is 0 Å². The molecular weight excluding hydrogens is 232 g/mol. The molecule has 3 heterocycles. The Labute approximate surface area is 108 Å². The SMILES string of the molecule is Clc1cccc(CN[C@@H]2CN3CCC2CC3)c1. The van der Waals surface area contributed by atoms with Crippen molar-refractivity contribution in [2.45, 2.75) is 25.4 Å². The van der Waals surface area contributed by atoms with E-state index < -0.39 is 0 Å². The first-order chi connectivity index (χ1) is 8.31. The summed E-state index contributed by atoms with van der Waals surface area (Å²) < 4.78 is 0. The molecule has 3 aliphatic heterocycles. The van der Waals surface area contributed by atoms with E-state index in [1.807, 2.05) is 12.1 Å². The molecule has 3 fully saturated rings. The van der Waals surface area contributed by atoms with Crippen molar-refractivity contribution in [3.63, 3.8) is 0 Å². The summed E-state index contributed by atoms with van der Waals surface area (Å²) in [6.45, 7) is 4.78. The van der Waals surface area contributed by atoms with Gasteiger partial charge in [-0.25, -0.2) is 0 Å². The molecule has 3 aliphatic rings. The molecule has 1 aromatic rings. The number of benzene rings is 1. The largest absolute Gasteiger partial charge is 0.308 e. The maximum absolute atomic E-state index is 5.99. The number of nitrogens with zero attached hydrogens (tertiary/aromatic N) is 1. The minimum absolute atomic E-state index is 0.677. The molecule has 0 spiro atoms. The molecular formula is C14H19ClN2. The molecule has 2 nitrogen and oxygen atoms in total. The van der Waals surface area contributed by atoms with Gasteiger partial charge in [0.05, 0.1) is 0 Å². The third-order valence-corrected chi connectivity index (χ3v) is 4.35. The number of piperidine rings is 3. The molecule has 1 aromatic carbocycles. The van der Waals surface area contributed by atoms with Crippen molar-refractivity contribution in [3.8, 4) is 0 Å². The number of halogens is 1. The molecule has 0 amide bonds. The Kier molecular flexibility index (Phi) is 3.37.